The Hall–Kier alpha value is -2.41. The molecule has 0 aromatic carbocycles. The number of nitriles is 2. The first-order chi connectivity index (χ1) is 10.8. The minimum Gasteiger partial charge on any atom is -0.465 e. The van der Waals surface area contributed by atoms with Crippen molar-refractivity contribution in [2.45, 2.75) is 40.0 Å². The molecule has 1 rings (SSSR count). The monoisotopic (exact) mass is 320 g/mol. The van der Waals surface area contributed by atoms with Crippen molar-refractivity contribution in [3.63, 3.8) is 0 Å². The van der Waals surface area contributed by atoms with Gasteiger partial charge in [0, 0.05) is 12.3 Å². The smallest absolute Gasteiger partial charge is 0.326 e. The molecule has 0 unspecified atom stereocenters. The van der Waals surface area contributed by atoms with Gasteiger partial charge in [-0.25, -0.2) is 0 Å². The van der Waals surface area contributed by atoms with Crippen LogP contribution < -0.4 is 0 Å². The van der Waals surface area contributed by atoms with Crippen LogP contribution in [0, 0.1) is 39.4 Å². The number of hydrogen-bond acceptors (Lipinski definition) is 7. The van der Waals surface area contributed by atoms with Crippen molar-refractivity contribution in [2.75, 3.05) is 13.2 Å². The van der Waals surface area contributed by atoms with Crippen LogP contribution >= 0.6 is 0 Å². The van der Waals surface area contributed by atoms with E-state index >= 15 is 0 Å². The van der Waals surface area contributed by atoms with Gasteiger partial charge >= 0.3 is 11.9 Å². The molecule has 0 spiro atoms. The van der Waals surface area contributed by atoms with E-state index in [-0.39, 0.29) is 38.3 Å². The molecule has 0 N–H and O–H groups in total. The average molecular weight is 320 g/mol. The van der Waals surface area contributed by atoms with Crippen LogP contribution in [0.15, 0.2) is 0 Å². The molecule has 0 aromatic heterocycles. The summed E-state index contributed by atoms with van der Waals surface area (Å²) in [6, 6.07) is 3.84. The molecule has 1 fully saturated rings. The Morgan fingerprint density at radius 1 is 1.00 bits per heavy atom. The van der Waals surface area contributed by atoms with Crippen LogP contribution in [0.1, 0.15) is 40.0 Å². The molecule has 0 heterocycles. The highest BCUT2D eigenvalue weighted by Crippen LogP contribution is 2.56. The lowest BCUT2D eigenvalue weighted by Gasteiger charge is -2.32. The second kappa shape index (κ2) is 7.23. The first kappa shape index (κ1) is 18.6. The van der Waals surface area contributed by atoms with E-state index in [9.17, 15) is 24.9 Å². The van der Waals surface area contributed by atoms with Crippen LogP contribution in [0.2, 0.25) is 0 Å². The third-order valence-corrected chi connectivity index (χ3v) is 4.27. The van der Waals surface area contributed by atoms with E-state index in [1.54, 1.807) is 13.8 Å². The van der Waals surface area contributed by atoms with Gasteiger partial charge in [0.1, 0.15) is 5.78 Å². The summed E-state index contributed by atoms with van der Waals surface area (Å²) in [7, 11) is 0. The maximum atomic E-state index is 12.4. The van der Waals surface area contributed by atoms with Crippen molar-refractivity contribution in [1.29, 1.82) is 10.5 Å². The number of ether oxygens (including phenoxy) is 2. The highest BCUT2D eigenvalue weighted by Gasteiger charge is 2.66. The molecule has 0 bridgehead atoms. The lowest BCUT2D eigenvalue weighted by atomic mass is 9.67. The molecule has 23 heavy (non-hydrogen) atoms. The highest BCUT2D eigenvalue weighted by molar-refractivity contribution is 5.89. The summed E-state index contributed by atoms with van der Waals surface area (Å²) in [5.41, 5.74) is -3.38. The molecule has 7 heteroatoms. The van der Waals surface area contributed by atoms with E-state index in [2.05, 4.69) is 0 Å². The van der Waals surface area contributed by atoms with E-state index in [0.717, 1.165) is 0 Å². The van der Waals surface area contributed by atoms with Crippen LogP contribution in [0.4, 0.5) is 0 Å². The molecule has 0 aromatic rings. The molecule has 124 valence electrons. The largest absolute Gasteiger partial charge is 0.465 e. The Morgan fingerprint density at radius 2 is 1.39 bits per heavy atom. The molecule has 1 saturated carbocycles. The van der Waals surface area contributed by atoms with Gasteiger partial charge in [0.05, 0.1) is 25.4 Å². The number of nitrogens with zero attached hydrogens (tertiary/aromatic N) is 2. The highest BCUT2D eigenvalue weighted by atomic mass is 16.5. The zero-order valence-corrected chi connectivity index (χ0v) is 13.5. The Balaban J connectivity index is 3.44. The lowest BCUT2D eigenvalue weighted by molar-refractivity contribution is -0.160. The van der Waals surface area contributed by atoms with Gasteiger partial charge < -0.3 is 14.3 Å². The molecular formula is C16H20N2O5. The fourth-order valence-corrected chi connectivity index (χ4v) is 3.17. The SMILES string of the molecule is CCOC(=O)[C@@]1(C#N)CC[C@](C#N)(C(=O)OCC)C1CC(C)=O. The van der Waals surface area contributed by atoms with Gasteiger partial charge in [-0.15, -0.1) is 0 Å². The fourth-order valence-electron chi connectivity index (χ4n) is 3.17. The summed E-state index contributed by atoms with van der Waals surface area (Å²) in [5, 5.41) is 19.2. The lowest BCUT2D eigenvalue weighted by Crippen LogP contribution is -2.45. The third kappa shape index (κ3) is 3.05. The summed E-state index contributed by atoms with van der Waals surface area (Å²) in [5.74, 6) is -2.99. The molecule has 1 aliphatic rings. The van der Waals surface area contributed by atoms with Gasteiger partial charge in [-0.2, -0.15) is 10.5 Å². The summed E-state index contributed by atoms with van der Waals surface area (Å²) < 4.78 is 9.95. The molecule has 1 aliphatic carbocycles. The molecule has 0 radical (unpaired) electrons. The first-order valence-corrected chi connectivity index (χ1v) is 7.51. The fraction of sp³-hybridized carbons (Fsp3) is 0.688. The second-order valence-corrected chi connectivity index (χ2v) is 5.57. The number of carbonyl (C=O) groups is 3. The van der Waals surface area contributed by atoms with Crippen LogP contribution in [-0.4, -0.2) is 30.9 Å². The molecular weight excluding hydrogens is 300 g/mol. The van der Waals surface area contributed by atoms with Crippen molar-refractivity contribution in [1.82, 2.24) is 0 Å². The van der Waals surface area contributed by atoms with E-state index in [0.29, 0.717) is 0 Å². The average Bonchev–Trinajstić information content (AvgIpc) is 2.83. The van der Waals surface area contributed by atoms with Crippen LogP contribution in [0.25, 0.3) is 0 Å². The van der Waals surface area contributed by atoms with Gasteiger partial charge in [0.15, 0.2) is 10.8 Å². The van der Waals surface area contributed by atoms with E-state index in [1.165, 1.54) is 6.92 Å². The standard InChI is InChI=1S/C16H20N2O5/c1-4-22-13(20)15(9-17)6-7-16(10-18,14(21)23-5-2)12(15)8-11(3)19/h12H,4-8H2,1-3H3/t15-,16-/m1/s1. The predicted molar refractivity (Wildman–Crippen MR) is 77.4 cm³/mol. The van der Waals surface area contributed by atoms with Crippen molar-refractivity contribution in [3.8, 4) is 12.1 Å². The molecule has 0 amide bonds. The zero-order chi connectivity index (χ0) is 17.7. The van der Waals surface area contributed by atoms with Crippen LogP contribution in [0.3, 0.4) is 0 Å². The summed E-state index contributed by atoms with van der Waals surface area (Å²) in [6.07, 6.45) is -0.280. The summed E-state index contributed by atoms with van der Waals surface area (Å²) >= 11 is 0. The van der Waals surface area contributed by atoms with E-state index < -0.39 is 28.7 Å². The first-order valence-electron chi connectivity index (χ1n) is 7.51. The quantitative estimate of drug-likeness (QED) is 0.681. The Kier molecular flexibility index (Phi) is 5.86. The number of Topliss-reactive ketones (excluding diaryl/α,β-unsaturated/α-hetero) is 1. The number of esters is 2. The van der Waals surface area contributed by atoms with Gasteiger partial charge in [-0.05, 0) is 33.6 Å². The van der Waals surface area contributed by atoms with Crippen LogP contribution in [-0.2, 0) is 23.9 Å². The predicted octanol–water partition coefficient (Wildman–Crippen LogP) is 1.52. The number of carbonyl (C=O) groups excluding carboxylic acids is 3. The number of hydrogen-bond donors (Lipinski definition) is 0. The van der Waals surface area contributed by atoms with E-state index in [1.807, 2.05) is 12.1 Å². The minimum absolute atomic E-state index is 0.0212. The van der Waals surface area contributed by atoms with Crippen molar-refractivity contribution in [3.05, 3.63) is 0 Å². The zero-order valence-electron chi connectivity index (χ0n) is 13.5. The second-order valence-electron chi connectivity index (χ2n) is 5.57. The number of rotatable bonds is 6. The topological polar surface area (TPSA) is 117 Å². The molecule has 7 nitrogen and oxygen atoms in total. The number of ketones is 1. The molecule has 2 atom stereocenters. The maximum Gasteiger partial charge on any atom is 0.326 e. The summed E-state index contributed by atoms with van der Waals surface area (Å²) in [6.45, 7) is 4.61. The van der Waals surface area contributed by atoms with Crippen LogP contribution in [0.5, 0.6) is 0 Å². The van der Waals surface area contributed by atoms with Gasteiger partial charge in [-0.3, -0.25) is 9.59 Å². The minimum atomic E-state index is -1.69. The molecule has 0 saturated heterocycles. The Labute approximate surface area is 135 Å². The van der Waals surface area contributed by atoms with Gasteiger partial charge in [0.2, 0.25) is 0 Å². The Bertz CT molecular complexity index is 544. The normalized spacial score (nSPS) is 26.8. The van der Waals surface area contributed by atoms with Gasteiger partial charge in [-0.1, -0.05) is 0 Å². The van der Waals surface area contributed by atoms with Gasteiger partial charge in [0.25, 0.3) is 0 Å². The summed E-state index contributed by atoms with van der Waals surface area (Å²) in [4.78, 5) is 36.4. The van der Waals surface area contributed by atoms with Crippen molar-refractivity contribution in [2.24, 2.45) is 16.7 Å². The van der Waals surface area contributed by atoms with E-state index in [4.69, 9.17) is 9.47 Å². The van der Waals surface area contributed by atoms with Crippen molar-refractivity contribution < 1.29 is 23.9 Å². The Morgan fingerprint density at radius 3 is 1.65 bits per heavy atom. The van der Waals surface area contributed by atoms with Crippen molar-refractivity contribution >= 4 is 17.7 Å². The third-order valence-electron chi connectivity index (χ3n) is 4.27. The maximum absolute atomic E-state index is 12.4. The molecule has 0 aliphatic heterocycles.